The van der Waals surface area contributed by atoms with Crippen LogP contribution in [0.5, 0.6) is 5.75 Å². The number of nitrogens with zero attached hydrogens (tertiary/aromatic N) is 4. The van der Waals surface area contributed by atoms with E-state index in [1.54, 1.807) is 0 Å². The smallest absolute Gasteiger partial charge is 0.150 e. The van der Waals surface area contributed by atoms with Gasteiger partial charge >= 0.3 is 0 Å². The lowest BCUT2D eigenvalue weighted by Gasteiger charge is -2.23. The van der Waals surface area contributed by atoms with E-state index in [9.17, 15) is 0 Å². The fourth-order valence-electron chi connectivity index (χ4n) is 2.99. The van der Waals surface area contributed by atoms with E-state index in [1.807, 2.05) is 0 Å². The molecule has 0 saturated carbocycles. The summed E-state index contributed by atoms with van der Waals surface area (Å²) in [6.45, 7) is 5.52. The minimum absolute atomic E-state index is 0.454. The van der Waals surface area contributed by atoms with Crippen LogP contribution in [0, 0.1) is 0 Å². The summed E-state index contributed by atoms with van der Waals surface area (Å²) in [5.74, 6) is 3.03. The first-order valence-corrected chi connectivity index (χ1v) is 9.16. The molecule has 0 spiro atoms. The van der Waals surface area contributed by atoms with Gasteiger partial charge in [0.2, 0.25) is 0 Å². The fraction of sp³-hybridized carbons (Fsp3) is 0.579. The van der Waals surface area contributed by atoms with Gasteiger partial charge in [0.1, 0.15) is 18.2 Å². The number of nitrogens with one attached hydrogen (secondary N) is 1. The summed E-state index contributed by atoms with van der Waals surface area (Å²) in [6, 6.07) is 8.83. The second kappa shape index (κ2) is 8.45. The van der Waals surface area contributed by atoms with Gasteiger partial charge < -0.3 is 15.0 Å². The highest BCUT2D eigenvalue weighted by atomic mass is 16.5. The van der Waals surface area contributed by atoms with Crippen LogP contribution >= 0.6 is 0 Å². The minimum atomic E-state index is 0.454. The highest BCUT2D eigenvalue weighted by molar-refractivity contribution is 5.27. The van der Waals surface area contributed by atoms with E-state index in [0.29, 0.717) is 12.6 Å². The molecule has 1 aromatic heterocycles. The zero-order valence-electron chi connectivity index (χ0n) is 15.5. The molecular formula is C19H29N5O. The van der Waals surface area contributed by atoms with Crippen LogP contribution in [0.25, 0.3) is 0 Å². The van der Waals surface area contributed by atoms with E-state index in [1.165, 1.54) is 5.56 Å². The second-order valence-electron chi connectivity index (χ2n) is 6.89. The zero-order valence-corrected chi connectivity index (χ0v) is 15.5. The molecule has 1 aliphatic rings. The third-order valence-electron chi connectivity index (χ3n) is 4.54. The molecule has 6 heteroatoms. The number of rotatable bonds is 8. The van der Waals surface area contributed by atoms with Crippen LogP contribution in [0.2, 0.25) is 0 Å². The molecule has 1 atom stereocenters. The van der Waals surface area contributed by atoms with Crippen molar-refractivity contribution in [1.29, 1.82) is 0 Å². The van der Waals surface area contributed by atoms with Crippen molar-refractivity contribution in [3.05, 3.63) is 41.5 Å². The molecule has 0 aliphatic carbocycles. The topological polar surface area (TPSA) is 55.2 Å². The van der Waals surface area contributed by atoms with Crippen molar-refractivity contribution in [2.24, 2.45) is 0 Å². The van der Waals surface area contributed by atoms with Crippen molar-refractivity contribution < 1.29 is 4.74 Å². The molecule has 0 fully saturated rings. The predicted octanol–water partition coefficient (Wildman–Crippen LogP) is 1.89. The van der Waals surface area contributed by atoms with Gasteiger partial charge in [0, 0.05) is 32.0 Å². The molecule has 1 unspecified atom stereocenters. The molecule has 1 aliphatic heterocycles. The summed E-state index contributed by atoms with van der Waals surface area (Å²) in [7, 11) is 4.10. The molecule has 0 bridgehead atoms. The molecule has 2 aromatic rings. The summed E-state index contributed by atoms with van der Waals surface area (Å²) in [5.41, 5.74) is 1.28. The number of fused-ring (bicyclic) bond motifs is 1. The van der Waals surface area contributed by atoms with Crippen molar-refractivity contribution in [1.82, 2.24) is 25.0 Å². The molecule has 1 aromatic carbocycles. The lowest BCUT2D eigenvalue weighted by molar-refractivity contribution is 0.261. The Balaban J connectivity index is 1.45. The first-order valence-electron chi connectivity index (χ1n) is 9.16. The van der Waals surface area contributed by atoms with Crippen LogP contribution in [-0.4, -0.2) is 53.0 Å². The molecule has 0 saturated heterocycles. The predicted molar refractivity (Wildman–Crippen MR) is 98.8 cm³/mol. The second-order valence-corrected chi connectivity index (χ2v) is 6.89. The molecule has 0 amide bonds. The molecule has 3 rings (SSSR count). The monoisotopic (exact) mass is 343 g/mol. The summed E-state index contributed by atoms with van der Waals surface area (Å²) < 4.78 is 7.81. The average molecular weight is 343 g/mol. The minimum Gasteiger partial charge on any atom is -0.492 e. The van der Waals surface area contributed by atoms with Crippen LogP contribution in [0.1, 0.15) is 30.6 Å². The van der Waals surface area contributed by atoms with E-state index in [0.717, 1.165) is 56.3 Å². The largest absolute Gasteiger partial charge is 0.492 e. The Bertz CT molecular complexity index is 665. The van der Waals surface area contributed by atoms with Crippen molar-refractivity contribution in [3.63, 3.8) is 0 Å². The third-order valence-corrected chi connectivity index (χ3v) is 4.54. The van der Waals surface area contributed by atoms with Crippen LogP contribution in [0.15, 0.2) is 24.3 Å². The quantitative estimate of drug-likeness (QED) is 0.793. The molecule has 25 heavy (non-hydrogen) atoms. The third kappa shape index (κ3) is 5.03. The zero-order chi connectivity index (χ0) is 17.6. The van der Waals surface area contributed by atoms with Gasteiger partial charge in [0.05, 0.1) is 6.54 Å². The van der Waals surface area contributed by atoms with Crippen LogP contribution in [0.3, 0.4) is 0 Å². The van der Waals surface area contributed by atoms with Gasteiger partial charge in [-0.1, -0.05) is 19.1 Å². The van der Waals surface area contributed by atoms with Crippen LogP contribution < -0.4 is 10.1 Å². The lowest BCUT2D eigenvalue weighted by atomic mass is 10.1. The van der Waals surface area contributed by atoms with Crippen molar-refractivity contribution >= 4 is 0 Å². The maximum absolute atomic E-state index is 5.74. The molecule has 136 valence electrons. The van der Waals surface area contributed by atoms with Gasteiger partial charge in [0.15, 0.2) is 5.82 Å². The Hall–Kier alpha value is -1.92. The Morgan fingerprint density at radius 2 is 2.08 bits per heavy atom. The van der Waals surface area contributed by atoms with Gasteiger partial charge in [-0.25, -0.2) is 9.67 Å². The van der Waals surface area contributed by atoms with Gasteiger partial charge in [-0.3, -0.25) is 0 Å². The molecular weight excluding hydrogens is 314 g/mol. The Labute approximate surface area is 150 Å². The van der Waals surface area contributed by atoms with E-state index in [2.05, 4.69) is 70.3 Å². The Kier molecular flexibility index (Phi) is 6.04. The fourth-order valence-corrected chi connectivity index (χ4v) is 2.99. The number of aromatic nitrogens is 3. The summed E-state index contributed by atoms with van der Waals surface area (Å²) in [4.78, 5) is 6.69. The van der Waals surface area contributed by atoms with Crippen LogP contribution in [-0.2, 0) is 25.9 Å². The maximum Gasteiger partial charge on any atom is 0.150 e. The number of aryl methyl sites for hydroxylation is 2. The number of benzene rings is 1. The van der Waals surface area contributed by atoms with Crippen molar-refractivity contribution in [2.45, 2.75) is 45.3 Å². The highest BCUT2D eigenvalue weighted by Gasteiger charge is 2.20. The summed E-state index contributed by atoms with van der Waals surface area (Å²) >= 11 is 0. The first-order chi connectivity index (χ1) is 12.1. The van der Waals surface area contributed by atoms with Gasteiger partial charge in [0.25, 0.3) is 0 Å². The van der Waals surface area contributed by atoms with Crippen molar-refractivity contribution in [3.8, 4) is 5.75 Å². The molecule has 6 nitrogen and oxygen atoms in total. The van der Waals surface area contributed by atoms with E-state index in [-0.39, 0.29) is 0 Å². The van der Waals surface area contributed by atoms with E-state index in [4.69, 9.17) is 4.74 Å². The van der Waals surface area contributed by atoms with E-state index < -0.39 is 0 Å². The highest BCUT2D eigenvalue weighted by Crippen LogP contribution is 2.15. The number of hydrogen-bond acceptors (Lipinski definition) is 5. The SMILES string of the molecule is CCc1nc2n(n1)CC(NCc1ccc(OCCN(C)C)cc1)CC2. The van der Waals surface area contributed by atoms with E-state index >= 15 is 0 Å². The number of ether oxygens (including phenoxy) is 1. The summed E-state index contributed by atoms with van der Waals surface area (Å²) in [5, 5.41) is 8.22. The van der Waals surface area contributed by atoms with Gasteiger partial charge in [-0.15, -0.1) is 0 Å². The number of likely N-dealkylation sites (N-methyl/N-ethyl adjacent to an activating group) is 1. The normalized spacial score (nSPS) is 16.9. The number of hydrogen-bond donors (Lipinski definition) is 1. The maximum atomic E-state index is 5.74. The molecule has 2 heterocycles. The Morgan fingerprint density at radius 3 is 2.80 bits per heavy atom. The average Bonchev–Trinajstić information content (AvgIpc) is 3.03. The lowest BCUT2D eigenvalue weighted by Crippen LogP contribution is -2.37. The summed E-state index contributed by atoms with van der Waals surface area (Å²) in [6.07, 6.45) is 3.03. The first kappa shape index (κ1) is 17.9. The van der Waals surface area contributed by atoms with Crippen LogP contribution in [0.4, 0.5) is 0 Å². The molecule has 0 radical (unpaired) electrons. The van der Waals surface area contributed by atoms with Gasteiger partial charge in [-0.05, 0) is 38.2 Å². The standard InChI is InChI=1S/C19H29N5O/c1-4-18-21-19-10-7-16(14-24(19)22-18)20-13-15-5-8-17(9-6-15)25-12-11-23(2)3/h5-6,8-9,16,20H,4,7,10-14H2,1-3H3. The van der Waals surface area contributed by atoms with Gasteiger partial charge in [-0.2, -0.15) is 5.10 Å². The van der Waals surface area contributed by atoms with Crippen molar-refractivity contribution in [2.75, 3.05) is 27.2 Å². The molecule has 1 N–H and O–H groups in total. The Morgan fingerprint density at radius 1 is 1.28 bits per heavy atom.